The summed E-state index contributed by atoms with van der Waals surface area (Å²) in [6, 6.07) is 17.0. The standard InChI is InChI=1S/C18H18ClNS/c1-2-11-20-18(13-7-9-14(19)10-8-13)16-12-21-17-6-4-3-5-15(16)17/h3-10,12,18,20H,2,11H2,1H3. The molecule has 1 unspecified atom stereocenters. The number of nitrogens with one attached hydrogen (secondary N) is 1. The van der Waals surface area contributed by atoms with E-state index in [0.29, 0.717) is 0 Å². The summed E-state index contributed by atoms with van der Waals surface area (Å²) in [6.45, 7) is 3.19. The Labute approximate surface area is 134 Å². The minimum Gasteiger partial charge on any atom is -0.306 e. The van der Waals surface area contributed by atoms with Gasteiger partial charge in [0.1, 0.15) is 0 Å². The Hall–Kier alpha value is -1.35. The van der Waals surface area contributed by atoms with Crippen LogP contribution >= 0.6 is 22.9 Å². The summed E-state index contributed by atoms with van der Waals surface area (Å²) >= 11 is 7.83. The molecule has 3 rings (SSSR count). The van der Waals surface area contributed by atoms with Crippen LogP contribution in [0.25, 0.3) is 10.1 Å². The Morgan fingerprint density at radius 1 is 1.10 bits per heavy atom. The summed E-state index contributed by atoms with van der Waals surface area (Å²) in [5, 5.41) is 8.05. The molecule has 108 valence electrons. The van der Waals surface area contributed by atoms with E-state index >= 15 is 0 Å². The highest BCUT2D eigenvalue weighted by atomic mass is 35.5. The van der Waals surface area contributed by atoms with Crippen LogP contribution in [-0.4, -0.2) is 6.54 Å². The Balaban J connectivity index is 2.04. The molecule has 0 aliphatic heterocycles. The number of halogens is 1. The largest absolute Gasteiger partial charge is 0.306 e. The average molecular weight is 316 g/mol. The fourth-order valence-electron chi connectivity index (χ4n) is 2.57. The van der Waals surface area contributed by atoms with Crippen molar-refractivity contribution in [1.82, 2.24) is 5.32 Å². The quantitative estimate of drug-likeness (QED) is 0.642. The van der Waals surface area contributed by atoms with E-state index < -0.39 is 0 Å². The number of hydrogen-bond donors (Lipinski definition) is 1. The molecule has 0 radical (unpaired) electrons. The first kappa shape index (κ1) is 14.6. The van der Waals surface area contributed by atoms with Crippen molar-refractivity contribution < 1.29 is 0 Å². The van der Waals surface area contributed by atoms with Gasteiger partial charge in [-0.15, -0.1) is 11.3 Å². The van der Waals surface area contributed by atoms with Crippen LogP contribution in [0.5, 0.6) is 0 Å². The van der Waals surface area contributed by atoms with Gasteiger partial charge in [0, 0.05) is 9.72 Å². The molecular weight excluding hydrogens is 298 g/mol. The summed E-state index contributed by atoms with van der Waals surface area (Å²) in [6.07, 6.45) is 1.12. The van der Waals surface area contributed by atoms with Crippen LogP contribution in [0, 0.1) is 0 Å². The maximum atomic E-state index is 6.02. The fraction of sp³-hybridized carbons (Fsp3) is 0.222. The van der Waals surface area contributed by atoms with Gasteiger partial charge in [0.15, 0.2) is 0 Å². The van der Waals surface area contributed by atoms with Gasteiger partial charge in [0.05, 0.1) is 6.04 Å². The van der Waals surface area contributed by atoms with Gasteiger partial charge >= 0.3 is 0 Å². The van der Waals surface area contributed by atoms with Crippen LogP contribution in [-0.2, 0) is 0 Å². The normalized spacial score (nSPS) is 12.7. The molecule has 0 saturated heterocycles. The summed E-state index contributed by atoms with van der Waals surface area (Å²) in [5.74, 6) is 0. The second kappa shape index (κ2) is 6.61. The van der Waals surface area contributed by atoms with E-state index in [-0.39, 0.29) is 6.04 Å². The molecule has 0 amide bonds. The zero-order chi connectivity index (χ0) is 14.7. The van der Waals surface area contributed by atoms with E-state index in [2.05, 4.69) is 54.0 Å². The molecule has 0 fully saturated rings. The minimum absolute atomic E-state index is 0.221. The SMILES string of the molecule is CCCNC(c1ccc(Cl)cc1)c1csc2ccccc12. The van der Waals surface area contributed by atoms with Crippen LogP contribution in [0.2, 0.25) is 5.02 Å². The Bertz CT molecular complexity index is 717. The van der Waals surface area contributed by atoms with Crippen molar-refractivity contribution in [2.45, 2.75) is 19.4 Å². The zero-order valence-corrected chi connectivity index (χ0v) is 13.5. The highest BCUT2D eigenvalue weighted by Crippen LogP contribution is 2.33. The lowest BCUT2D eigenvalue weighted by Gasteiger charge is -2.19. The number of rotatable bonds is 5. The van der Waals surface area contributed by atoms with Crippen molar-refractivity contribution >= 4 is 33.0 Å². The Morgan fingerprint density at radius 2 is 1.86 bits per heavy atom. The van der Waals surface area contributed by atoms with Crippen LogP contribution in [0.4, 0.5) is 0 Å². The second-order valence-corrected chi connectivity index (χ2v) is 6.47. The predicted molar refractivity (Wildman–Crippen MR) is 93.4 cm³/mol. The molecule has 0 aliphatic carbocycles. The van der Waals surface area contributed by atoms with E-state index in [1.165, 1.54) is 21.2 Å². The van der Waals surface area contributed by atoms with Crippen molar-refractivity contribution in [3.8, 4) is 0 Å². The van der Waals surface area contributed by atoms with Gasteiger partial charge in [-0.1, -0.05) is 48.9 Å². The number of fused-ring (bicyclic) bond motifs is 1. The summed E-state index contributed by atoms with van der Waals surface area (Å²) in [5.41, 5.74) is 2.61. The minimum atomic E-state index is 0.221. The molecule has 1 atom stereocenters. The molecule has 3 heteroatoms. The lowest BCUT2D eigenvalue weighted by atomic mass is 9.98. The molecule has 1 aromatic heterocycles. The topological polar surface area (TPSA) is 12.0 Å². The second-order valence-electron chi connectivity index (χ2n) is 5.13. The van der Waals surface area contributed by atoms with Gasteiger partial charge in [-0.05, 0) is 53.1 Å². The molecular formula is C18H18ClNS. The first-order chi connectivity index (χ1) is 10.3. The van der Waals surface area contributed by atoms with Crippen LogP contribution in [0.15, 0.2) is 53.9 Å². The van der Waals surface area contributed by atoms with Crippen LogP contribution in [0.3, 0.4) is 0 Å². The third-order valence-corrected chi connectivity index (χ3v) is 4.86. The molecule has 0 bridgehead atoms. The molecule has 2 aromatic carbocycles. The third-order valence-electron chi connectivity index (χ3n) is 3.62. The van der Waals surface area contributed by atoms with Gasteiger partial charge in [-0.2, -0.15) is 0 Å². The average Bonchev–Trinajstić information content (AvgIpc) is 2.93. The summed E-state index contributed by atoms with van der Waals surface area (Å²) in [4.78, 5) is 0. The highest BCUT2D eigenvalue weighted by molar-refractivity contribution is 7.17. The fourth-order valence-corrected chi connectivity index (χ4v) is 3.69. The molecule has 1 heterocycles. The molecule has 3 aromatic rings. The van der Waals surface area contributed by atoms with Crippen LogP contribution in [0.1, 0.15) is 30.5 Å². The van der Waals surface area contributed by atoms with Crippen molar-refractivity contribution in [2.75, 3.05) is 6.54 Å². The number of hydrogen-bond acceptors (Lipinski definition) is 2. The van der Waals surface area contributed by atoms with Gasteiger partial charge in [0.25, 0.3) is 0 Å². The molecule has 1 nitrogen and oxygen atoms in total. The van der Waals surface area contributed by atoms with E-state index in [9.17, 15) is 0 Å². The van der Waals surface area contributed by atoms with E-state index in [0.717, 1.165) is 18.0 Å². The highest BCUT2D eigenvalue weighted by Gasteiger charge is 2.17. The van der Waals surface area contributed by atoms with Gasteiger partial charge in [-0.25, -0.2) is 0 Å². The maximum Gasteiger partial charge on any atom is 0.0591 e. The molecule has 0 aliphatic rings. The maximum absolute atomic E-state index is 6.02. The first-order valence-electron chi connectivity index (χ1n) is 7.24. The summed E-state index contributed by atoms with van der Waals surface area (Å²) < 4.78 is 1.34. The zero-order valence-electron chi connectivity index (χ0n) is 12.0. The Morgan fingerprint density at radius 3 is 2.62 bits per heavy atom. The van der Waals surface area contributed by atoms with Crippen molar-refractivity contribution in [3.05, 3.63) is 70.1 Å². The Kier molecular flexibility index (Phi) is 4.59. The number of thiophene rings is 1. The monoisotopic (exact) mass is 315 g/mol. The smallest absolute Gasteiger partial charge is 0.0591 e. The molecule has 0 saturated carbocycles. The lowest BCUT2D eigenvalue weighted by Crippen LogP contribution is -2.22. The van der Waals surface area contributed by atoms with E-state index in [4.69, 9.17) is 11.6 Å². The van der Waals surface area contributed by atoms with E-state index in [1.54, 1.807) is 0 Å². The number of benzene rings is 2. The third kappa shape index (κ3) is 3.13. The van der Waals surface area contributed by atoms with Gasteiger partial charge in [0.2, 0.25) is 0 Å². The van der Waals surface area contributed by atoms with Crippen molar-refractivity contribution in [1.29, 1.82) is 0 Å². The van der Waals surface area contributed by atoms with Gasteiger partial charge < -0.3 is 5.32 Å². The summed E-state index contributed by atoms with van der Waals surface area (Å²) in [7, 11) is 0. The predicted octanol–water partition coefficient (Wildman–Crippen LogP) is 5.64. The van der Waals surface area contributed by atoms with Crippen molar-refractivity contribution in [2.24, 2.45) is 0 Å². The lowest BCUT2D eigenvalue weighted by molar-refractivity contribution is 0.603. The molecule has 1 N–H and O–H groups in total. The van der Waals surface area contributed by atoms with Crippen LogP contribution < -0.4 is 5.32 Å². The van der Waals surface area contributed by atoms with E-state index in [1.807, 2.05) is 23.5 Å². The molecule has 21 heavy (non-hydrogen) atoms. The first-order valence-corrected chi connectivity index (χ1v) is 8.50. The molecule has 0 spiro atoms. The van der Waals surface area contributed by atoms with Gasteiger partial charge in [-0.3, -0.25) is 0 Å². The van der Waals surface area contributed by atoms with Crippen molar-refractivity contribution in [3.63, 3.8) is 0 Å².